The lowest BCUT2D eigenvalue weighted by molar-refractivity contribution is 0.692. The highest BCUT2D eigenvalue weighted by Gasteiger charge is 2.06. The van der Waals surface area contributed by atoms with Crippen LogP contribution in [0.5, 0.6) is 0 Å². The molecule has 0 saturated carbocycles. The van der Waals surface area contributed by atoms with Gasteiger partial charge >= 0.3 is 0 Å². The van der Waals surface area contributed by atoms with E-state index in [2.05, 4.69) is 28.9 Å². The predicted molar refractivity (Wildman–Crippen MR) is 65.4 cm³/mol. The number of fused-ring (bicyclic) bond motifs is 1. The Morgan fingerprint density at radius 3 is 2.80 bits per heavy atom. The third-order valence-electron chi connectivity index (χ3n) is 2.62. The molecule has 0 aliphatic rings. The van der Waals surface area contributed by atoms with E-state index in [9.17, 15) is 0 Å². The van der Waals surface area contributed by atoms with E-state index in [-0.39, 0.29) is 0 Å². The third-order valence-corrected chi connectivity index (χ3v) is 2.86. The van der Waals surface area contributed by atoms with E-state index < -0.39 is 0 Å². The fourth-order valence-electron chi connectivity index (χ4n) is 2.00. The van der Waals surface area contributed by atoms with Crippen LogP contribution in [0.15, 0.2) is 24.3 Å². The minimum absolute atomic E-state index is 0.798. The number of nitrogens with one attached hydrogen (secondary N) is 1. The highest BCUT2D eigenvalue weighted by Crippen LogP contribution is 2.23. The summed E-state index contributed by atoms with van der Waals surface area (Å²) in [6.07, 6.45) is 0. The summed E-state index contributed by atoms with van der Waals surface area (Å²) in [6.45, 7) is 4.04. The second-order valence-electron chi connectivity index (χ2n) is 3.61. The first-order valence-electron chi connectivity index (χ1n) is 5.18. The maximum Gasteiger partial charge on any atom is 0.0483 e. The highest BCUT2D eigenvalue weighted by atomic mass is 35.5. The van der Waals surface area contributed by atoms with Crippen molar-refractivity contribution in [1.29, 1.82) is 0 Å². The molecular formula is C12H15ClN2. The average Bonchev–Trinajstić information content (AvgIpc) is 2.54. The first-order chi connectivity index (χ1) is 7.26. The van der Waals surface area contributed by atoms with Gasteiger partial charge in [-0.2, -0.15) is 0 Å². The predicted octanol–water partition coefficient (Wildman–Crippen LogP) is 3.03. The van der Waals surface area contributed by atoms with E-state index in [1.54, 1.807) is 0 Å². The molecule has 0 bridgehead atoms. The number of benzene rings is 1. The van der Waals surface area contributed by atoms with Gasteiger partial charge in [0.05, 0.1) is 0 Å². The zero-order valence-electron chi connectivity index (χ0n) is 9.05. The van der Waals surface area contributed by atoms with Gasteiger partial charge in [0, 0.05) is 34.7 Å². The van der Waals surface area contributed by atoms with Crippen LogP contribution in [0, 0.1) is 0 Å². The molecule has 80 valence electrons. The molecule has 0 fully saturated rings. The Bertz CT molecular complexity index is 474. The molecule has 2 aromatic rings. The molecule has 1 heterocycles. The Hall–Kier alpha value is -0.990. The van der Waals surface area contributed by atoms with Gasteiger partial charge in [-0.15, -0.1) is 0 Å². The summed E-state index contributed by atoms with van der Waals surface area (Å²) in [5.41, 5.74) is 2.56. The summed E-state index contributed by atoms with van der Waals surface area (Å²) in [6, 6.07) is 8.24. The summed E-state index contributed by atoms with van der Waals surface area (Å²) < 4.78 is 2.31. The molecule has 2 nitrogen and oxygen atoms in total. The minimum Gasteiger partial charge on any atom is -0.344 e. The van der Waals surface area contributed by atoms with Gasteiger partial charge < -0.3 is 9.88 Å². The van der Waals surface area contributed by atoms with Crippen LogP contribution in [-0.4, -0.2) is 11.6 Å². The topological polar surface area (TPSA) is 17.0 Å². The molecule has 0 amide bonds. The monoisotopic (exact) mass is 222 g/mol. The average molecular weight is 223 g/mol. The van der Waals surface area contributed by atoms with E-state index in [0.717, 1.165) is 18.1 Å². The summed E-state index contributed by atoms with van der Waals surface area (Å²) in [5.74, 6) is 0. The van der Waals surface area contributed by atoms with E-state index in [1.807, 2.05) is 19.2 Å². The van der Waals surface area contributed by atoms with Crippen LogP contribution < -0.4 is 5.32 Å². The molecule has 1 N–H and O–H groups in total. The standard InChI is InChI=1S/C12H15ClN2/c1-3-15-11(8-14-2)7-9-6-10(13)4-5-12(9)15/h4-7,14H,3,8H2,1-2H3. The number of hydrogen-bond acceptors (Lipinski definition) is 1. The van der Waals surface area contributed by atoms with Crippen molar-refractivity contribution in [2.45, 2.75) is 20.0 Å². The number of hydrogen-bond donors (Lipinski definition) is 1. The van der Waals surface area contributed by atoms with Crippen LogP contribution in [0.2, 0.25) is 5.02 Å². The summed E-state index contributed by atoms with van der Waals surface area (Å²) in [5, 5.41) is 5.20. The van der Waals surface area contributed by atoms with Crippen molar-refractivity contribution >= 4 is 22.5 Å². The van der Waals surface area contributed by atoms with Crippen molar-refractivity contribution < 1.29 is 0 Å². The van der Waals surface area contributed by atoms with Gasteiger partial charge in [0.2, 0.25) is 0 Å². The summed E-state index contributed by atoms with van der Waals surface area (Å²) in [7, 11) is 1.96. The molecule has 0 aliphatic carbocycles. The van der Waals surface area contributed by atoms with E-state index >= 15 is 0 Å². The molecule has 0 atom stereocenters. The second kappa shape index (κ2) is 4.25. The molecule has 15 heavy (non-hydrogen) atoms. The van der Waals surface area contributed by atoms with Crippen LogP contribution in [0.1, 0.15) is 12.6 Å². The lowest BCUT2D eigenvalue weighted by atomic mass is 10.2. The van der Waals surface area contributed by atoms with Crippen LogP contribution in [0.4, 0.5) is 0 Å². The zero-order valence-corrected chi connectivity index (χ0v) is 9.80. The van der Waals surface area contributed by atoms with Crippen molar-refractivity contribution in [2.75, 3.05) is 7.05 Å². The van der Waals surface area contributed by atoms with Crippen molar-refractivity contribution in [1.82, 2.24) is 9.88 Å². The molecule has 3 heteroatoms. The number of nitrogens with zero attached hydrogens (tertiary/aromatic N) is 1. The van der Waals surface area contributed by atoms with E-state index in [0.29, 0.717) is 0 Å². The van der Waals surface area contributed by atoms with Gasteiger partial charge in [0.25, 0.3) is 0 Å². The minimum atomic E-state index is 0.798. The van der Waals surface area contributed by atoms with Crippen LogP contribution in [0.3, 0.4) is 0 Å². The first kappa shape index (κ1) is 10.5. The molecule has 0 spiro atoms. The van der Waals surface area contributed by atoms with Gasteiger partial charge in [-0.25, -0.2) is 0 Å². The van der Waals surface area contributed by atoms with Gasteiger partial charge in [0.15, 0.2) is 0 Å². The highest BCUT2D eigenvalue weighted by molar-refractivity contribution is 6.31. The number of aromatic nitrogens is 1. The van der Waals surface area contributed by atoms with Gasteiger partial charge in [-0.3, -0.25) is 0 Å². The Balaban J connectivity index is 2.62. The van der Waals surface area contributed by atoms with Crippen LogP contribution in [0.25, 0.3) is 10.9 Å². The lowest BCUT2D eigenvalue weighted by Gasteiger charge is -2.06. The molecule has 0 unspecified atom stereocenters. The second-order valence-corrected chi connectivity index (χ2v) is 4.05. The Morgan fingerprint density at radius 2 is 2.13 bits per heavy atom. The number of halogens is 1. The van der Waals surface area contributed by atoms with E-state index in [1.165, 1.54) is 16.6 Å². The SMILES string of the molecule is CCn1c(CNC)cc2cc(Cl)ccc21. The van der Waals surface area contributed by atoms with Crippen molar-refractivity contribution in [3.05, 3.63) is 35.0 Å². The molecule has 1 aromatic heterocycles. The van der Waals surface area contributed by atoms with Crippen molar-refractivity contribution in [3.8, 4) is 0 Å². The molecule has 0 aliphatic heterocycles. The van der Waals surface area contributed by atoms with Crippen LogP contribution in [-0.2, 0) is 13.1 Å². The summed E-state index contributed by atoms with van der Waals surface area (Å²) in [4.78, 5) is 0. The molecule has 1 aromatic carbocycles. The zero-order chi connectivity index (χ0) is 10.8. The normalized spacial score (nSPS) is 11.1. The Kier molecular flexibility index (Phi) is 2.98. The lowest BCUT2D eigenvalue weighted by Crippen LogP contribution is -2.10. The smallest absolute Gasteiger partial charge is 0.0483 e. The molecular weight excluding hydrogens is 208 g/mol. The van der Waals surface area contributed by atoms with Gasteiger partial charge in [-0.05, 0) is 38.2 Å². The number of aryl methyl sites for hydroxylation is 1. The largest absolute Gasteiger partial charge is 0.344 e. The Labute approximate surface area is 94.8 Å². The molecule has 0 saturated heterocycles. The van der Waals surface area contributed by atoms with Gasteiger partial charge in [0.1, 0.15) is 0 Å². The fraction of sp³-hybridized carbons (Fsp3) is 0.333. The first-order valence-corrected chi connectivity index (χ1v) is 5.56. The maximum atomic E-state index is 5.98. The Morgan fingerprint density at radius 1 is 1.33 bits per heavy atom. The quantitative estimate of drug-likeness (QED) is 0.845. The number of rotatable bonds is 3. The maximum absolute atomic E-state index is 5.98. The van der Waals surface area contributed by atoms with Crippen molar-refractivity contribution in [3.63, 3.8) is 0 Å². The van der Waals surface area contributed by atoms with E-state index in [4.69, 9.17) is 11.6 Å². The molecule has 2 rings (SSSR count). The fourth-order valence-corrected chi connectivity index (χ4v) is 2.18. The summed E-state index contributed by atoms with van der Waals surface area (Å²) >= 11 is 5.98. The van der Waals surface area contributed by atoms with Crippen molar-refractivity contribution in [2.24, 2.45) is 0 Å². The van der Waals surface area contributed by atoms with Gasteiger partial charge in [-0.1, -0.05) is 11.6 Å². The molecule has 0 radical (unpaired) electrons. The van der Waals surface area contributed by atoms with Crippen LogP contribution >= 0.6 is 11.6 Å². The third kappa shape index (κ3) is 1.87.